The molecule has 0 radical (unpaired) electrons. The molecule has 66 valence electrons. The van der Waals surface area contributed by atoms with Crippen LogP contribution in [0.25, 0.3) is 10.8 Å². The van der Waals surface area contributed by atoms with E-state index in [0.717, 1.165) is 10.8 Å². The third-order valence-electron chi connectivity index (χ3n) is 1.95. The van der Waals surface area contributed by atoms with Gasteiger partial charge in [0.25, 0.3) is 0 Å². The molecular formula is C10H7IO2. The van der Waals surface area contributed by atoms with Crippen molar-refractivity contribution in [1.29, 1.82) is 0 Å². The van der Waals surface area contributed by atoms with Crippen molar-refractivity contribution in [2.24, 2.45) is 0 Å². The lowest BCUT2D eigenvalue weighted by Crippen LogP contribution is -1.78. The fourth-order valence-corrected chi connectivity index (χ4v) is 1.65. The molecule has 0 aliphatic heterocycles. The summed E-state index contributed by atoms with van der Waals surface area (Å²) in [6.45, 7) is 0. The Balaban J connectivity index is 2.79. The second kappa shape index (κ2) is 3.41. The molecule has 0 heterocycles. The zero-order valence-electron chi connectivity index (χ0n) is 6.70. The lowest BCUT2D eigenvalue weighted by molar-refractivity contribution is 0.463. The van der Waals surface area contributed by atoms with Crippen molar-refractivity contribution >= 4 is 33.8 Å². The summed E-state index contributed by atoms with van der Waals surface area (Å²) < 4.78 is 4.97. The number of halogens is 1. The van der Waals surface area contributed by atoms with Gasteiger partial charge in [0.1, 0.15) is 0 Å². The van der Waals surface area contributed by atoms with Crippen LogP contribution >= 0.6 is 23.0 Å². The highest BCUT2D eigenvalue weighted by atomic mass is 127. The van der Waals surface area contributed by atoms with Crippen molar-refractivity contribution in [3.8, 4) is 11.5 Å². The van der Waals surface area contributed by atoms with Crippen molar-refractivity contribution in [3.63, 3.8) is 0 Å². The zero-order valence-corrected chi connectivity index (χ0v) is 8.86. The molecule has 2 nitrogen and oxygen atoms in total. The van der Waals surface area contributed by atoms with Gasteiger partial charge in [-0.1, -0.05) is 30.3 Å². The normalized spacial score (nSPS) is 10.2. The first kappa shape index (κ1) is 8.62. The number of fused-ring (bicyclic) bond motifs is 1. The highest BCUT2D eigenvalue weighted by molar-refractivity contribution is 14.1. The highest BCUT2D eigenvalue weighted by Gasteiger charge is 2.05. The molecule has 0 spiro atoms. The maximum Gasteiger partial charge on any atom is 0.192 e. The molecular weight excluding hydrogens is 279 g/mol. The van der Waals surface area contributed by atoms with Crippen LogP contribution in [0.1, 0.15) is 0 Å². The predicted molar refractivity (Wildman–Crippen MR) is 60.3 cm³/mol. The first-order valence-electron chi connectivity index (χ1n) is 3.82. The van der Waals surface area contributed by atoms with Gasteiger partial charge in [-0.3, -0.25) is 0 Å². The average Bonchev–Trinajstić information content (AvgIpc) is 2.19. The van der Waals surface area contributed by atoms with Crippen LogP contribution in [0.5, 0.6) is 11.5 Å². The third kappa shape index (κ3) is 1.44. The first-order chi connectivity index (χ1) is 6.33. The molecule has 13 heavy (non-hydrogen) atoms. The molecule has 0 saturated heterocycles. The lowest BCUT2D eigenvalue weighted by Gasteiger charge is -2.04. The fraction of sp³-hybridized carbons (Fsp3) is 0. The van der Waals surface area contributed by atoms with E-state index in [-0.39, 0.29) is 5.75 Å². The number of hydrogen-bond donors (Lipinski definition) is 1. The minimum Gasteiger partial charge on any atom is -0.504 e. The van der Waals surface area contributed by atoms with E-state index in [1.165, 1.54) is 0 Å². The van der Waals surface area contributed by atoms with E-state index in [1.54, 1.807) is 29.1 Å². The molecule has 0 unspecified atom stereocenters. The molecule has 0 bridgehead atoms. The Kier molecular flexibility index (Phi) is 2.26. The topological polar surface area (TPSA) is 29.5 Å². The molecule has 3 heteroatoms. The Hall–Kier alpha value is -0.970. The second-order valence-electron chi connectivity index (χ2n) is 2.71. The summed E-state index contributed by atoms with van der Waals surface area (Å²) in [7, 11) is 0. The van der Waals surface area contributed by atoms with Crippen molar-refractivity contribution in [2.75, 3.05) is 0 Å². The highest BCUT2D eigenvalue weighted by Crippen LogP contribution is 2.34. The first-order valence-corrected chi connectivity index (χ1v) is 4.70. The molecule has 2 aromatic carbocycles. The molecule has 0 aromatic heterocycles. The minimum atomic E-state index is 0.201. The maximum atomic E-state index is 9.72. The third-order valence-corrected chi connectivity index (χ3v) is 2.42. The van der Waals surface area contributed by atoms with Gasteiger partial charge in [-0.25, -0.2) is 0 Å². The van der Waals surface area contributed by atoms with Crippen molar-refractivity contribution < 1.29 is 8.17 Å². The van der Waals surface area contributed by atoms with Crippen molar-refractivity contribution in [2.45, 2.75) is 0 Å². The predicted octanol–water partition coefficient (Wildman–Crippen LogP) is 3.27. The van der Waals surface area contributed by atoms with Crippen LogP contribution in [0.15, 0.2) is 36.4 Å². The van der Waals surface area contributed by atoms with Crippen LogP contribution in [0.3, 0.4) is 0 Å². The Bertz CT molecular complexity index is 440. The summed E-state index contributed by atoms with van der Waals surface area (Å²) in [4.78, 5) is 0. The standard InChI is InChI=1S/C10H7IO2/c11-13-9-6-5-7-3-1-2-4-8(7)10(9)12/h1-6,12H. The second-order valence-corrected chi connectivity index (χ2v) is 3.15. The molecule has 0 atom stereocenters. The number of phenolic OH excluding ortho intramolecular Hbond substituents is 1. The molecule has 2 rings (SSSR count). The van der Waals surface area contributed by atoms with E-state index in [9.17, 15) is 5.11 Å². The van der Waals surface area contributed by atoms with Gasteiger partial charge in [0.05, 0.1) is 0 Å². The van der Waals surface area contributed by atoms with Gasteiger partial charge in [0.2, 0.25) is 0 Å². The van der Waals surface area contributed by atoms with Crippen LogP contribution in [-0.2, 0) is 0 Å². The number of hydrogen-bond acceptors (Lipinski definition) is 2. The summed E-state index contributed by atoms with van der Waals surface area (Å²) in [5, 5.41) is 11.5. The molecule has 0 aliphatic carbocycles. The van der Waals surface area contributed by atoms with Crippen LogP contribution in [0, 0.1) is 0 Å². The maximum absolute atomic E-state index is 9.72. The Morgan fingerprint density at radius 1 is 1.08 bits per heavy atom. The van der Waals surface area contributed by atoms with Crippen molar-refractivity contribution in [3.05, 3.63) is 36.4 Å². The van der Waals surface area contributed by atoms with Crippen LogP contribution in [-0.4, -0.2) is 5.11 Å². The van der Waals surface area contributed by atoms with Crippen molar-refractivity contribution in [1.82, 2.24) is 0 Å². The van der Waals surface area contributed by atoms with E-state index in [1.807, 2.05) is 30.3 Å². The monoisotopic (exact) mass is 286 g/mol. The van der Waals surface area contributed by atoms with E-state index in [4.69, 9.17) is 3.07 Å². The van der Waals surface area contributed by atoms with E-state index < -0.39 is 0 Å². The lowest BCUT2D eigenvalue weighted by atomic mass is 10.1. The Morgan fingerprint density at radius 3 is 2.62 bits per heavy atom. The van der Waals surface area contributed by atoms with E-state index in [0.29, 0.717) is 5.75 Å². The molecule has 1 N–H and O–H groups in total. The van der Waals surface area contributed by atoms with Gasteiger partial charge in [-0.15, -0.1) is 0 Å². The molecule has 0 amide bonds. The summed E-state index contributed by atoms with van der Waals surface area (Å²) in [6, 6.07) is 11.3. The summed E-state index contributed by atoms with van der Waals surface area (Å²) in [5.74, 6) is 0.701. The smallest absolute Gasteiger partial charge is 0.192 e. The quantitative estimate of drug-likeness (QED) is 0.815. The van der Waals surface area contributed by atoms with Crippen LogP contribution in [0.2, 0.25) is 0 Å². The van der Waals surface area contributed by atoms with Gasteiger partial charge in [0.15, 0.2) is 34.5 Å². The van der Waals surface area contributed by atoms with Crippen LogP contribution < -0.4 is 3.07 Å². The summed E-state index contributed by atoms with van der Waals surface area (Å²) in [5.41, 5.74) is 0. The molecule has 2 aromatic rings. The van der Waals surface area contributed by atoms with Gasteiger partial charge in [-0.2, -0.15) is 0 Å². The Labute approximate surface area is 89.8 Å². The number of phenols is 1. The summed E-state index contributed by atoms with van der Waals surface area (Å²) >= 11 is 1.75. The number of aromatic hydroxyl groups is 1. The van der Waals surface area contributed by atoms with Gasteiger partial charge in [0, 0.05) is 5.39 Å². The largest absolute Gasteiger partial charge is 0.504 e. The number of rotatable bonds is 1. The minimum absolute atomic E-state index is 0.201. The molecule has 0 saturated carbocycles. The zero-order chi connectivity index (χ0) is 9.26. The summed E-state index contributed by atoms with van der Waals surface area (Å²) in [6.07, 6.45) is 0. The molecule has 0 aliphatic rings. The van der Waals surface area contributed by atoms with Crippen LogP contribution in [0.4, 0.5) is 0 Å². The Morgan fingerprint density at radius 2 is 1.85 bits per heavy atom. The van der Waals surface area contributed by atoms with Gasteiger partial charge in [-0.05, 0) is 11.5 Å². The fourth-order valence-electron chi connectivity index (χ4n) is 1.30. The molecule has 0 fully saturated rings. The van der Waals surface area contributed by atoms with Gasteiger partial charge < -0.3 is 8.17 Å². The average molecular weight is 286 g/mol. The van der Waals surface area contributed by atoms with E-state index >= 15 is 0 Å². The van der Waals surface area contributed by atoms with E-state index in [2.05, 4.69) is 0 Å². The SMILES string of the molecule is Oc1c(OI)ccc2ccccc12. The number of benzene rings is 2. The van der Waals surface area contributed by atoms with Gasteiger partial charge >= 0.3 is 0 Å².